The summed E-state index contributed by atoms with van der Waals surface area (Å²) in [7, 11) is 0. The molecule has 0 aliphatic rings. The Morgan fingerprint density at radius 1 is 1.13 bits per heavy atom. The summed E-state index contributed by atoms with van der Waals surface area (Å²) in [4.78, 5) is 46.0. The lowest BCUT2D eigenvalue weighted by Gasteiger charge is -2.38. The molecule has 0 bridgehead atoms. The van der Waals surface area contributed by atoms with Gasteiger partial charge in [0.25, 0.3) is 0 Å². The molecule has 8 nitrogen and oxygen atoms in total. The zero-order valence-electron chi connectivity index (χ0n) is 22.4. The number of carboxylic acid groups (broad SMARTS) is 1. The van der Waals surface area contributed by atoms with Crippen molar-refractivity contribution in [2.75, 3.05) is 13.1 Å². The average molecular weight is 540 g/mol. The number of nitrogens with zero attached hydrogens (tertiary/aromatic N) is 3. The molecule has 0 fully saturated rings. The Labute approximate surface area is 227 Å². The maximum atomic E-state index is 13.8. The van der Waals surface area contributed by atoms with Crippen molar-refractivity contribution < 1.29 is 19.1 Å². The van der Waals surface area contributed by atoms with Crippen molar-refractivity contribution in [2.24, 2.45) is 5.92 Å². The van der Waals surface area contributed by atoms with Crippen LogP contribution >= 0.6 is 11.6 Å². The lowest BCUT2D eigenvalue weighted by atomic mass is 9.92. The number of aromatic nitrogens is 1. The van der Waals surface area contributed by atoms with Crippen molar-refractivity contribution in [1.82, 2.24) is 14.8 Å². The van der Waals surface area contributed by atoms with Gasteiger partial charge in [-0.15, -0.1) is 0 Å². The Morgan fingerprint density at radius 2 is 1.79 bits per heavy atom. The first-order valence-electron chi connectivity index (χ1n) is 12.4. The van der Waals surface area contributed by atoms with Crippen molar-refractivity contribution >= 4 is 34.7 Å². The zero-order chi connectivity index (χ0) is 28.2. The SMILES string of the molecule is C=CC(=O)N(CCN(C(=O)O)C(C)(C)C)C(c1oc2nc(Cl)ccc2c(=O)c1Cc1ccccc1)C(C)C. The van der Waals surface area contributed by atoms with Crippen LogP contribution in [0.15, 0.2) is 64.3 Å². The third kappa shape index (κ3) is 6.42. The van der Waals surface area contributed by atoms with E-state index in [1.807, 2.05) is 44.2 Å². The number of halogens is 1. The molecule has 1 unspecified atom stereocenters. The molecule has 0 aliphatic heterocycles. The monoisotopic (exact) mass is 539 g/mol. The lowest BCUT2D eigenvalue weighted by molar-refractivity contribution is -0.130. The van der Waals surface area contributed by atoms with E-state index >= 15 is 0 Å². The second kappa shape index (κ2) is 11.8. The number of amides is 2. The summed E-state index contributed by atoms with van der Waals surface area (Å²) in [5.41, 5.74) is 0.438. The molecule has 3 rings (SSSR count). The Morgan fingerprint density at radius 3 is 2.34 bits per heavy atom. The van der Waals surface area contributed by atoms with E-state index in [1.165, 1.54) is 21.9 Å². The summed E-state index contributed by atoms with van der Waals surface area (Å²) in [5, 5.41) is 10.3. The number of hydrogen-bond donors (Lipinski definition) is 1. The third-order valence-electron chi connectivity index (χ3n) is 6.37. The number of rotatable bonds is 9. The summed E-state index contributed by atoms with van der Waals surface area (Å²) in [6.45, 7) is 13.0. The molecule has 2 aromatic heterocycles. The second-order valence-electron chi connectivity index (χ2n) is 10.5. The predicted octanol–water partition coefficient (Wildman–Crippen LogP) is 5.92. The van der Waals surface area contributed by atoms with Gasteiger partial charge in [-0.3, -0.25) is 9.59 Å². The van der Waals surface area contributed by atoms with Crippen molar-refractivity contribution in [2.45, 2.75) is 52.6 Å². The number of hydrogen-bond acceptors (Lipinski definition) is 5. The Bertz CT molecular complexity index is 1380. The first-order chi connectivity index (χ1) is 17.8. The molecule has 0 aliphatic carbocycles. The van der Waals surface area contributed by atoms with Crippen LogP contribution in [0.2, 0.25) is 5.15 Å². The molecule has 2 heterocycles. The molecule has 1 atom stereocenters. The van der Waals surface area contributed by atoms with Crippen LogP contribution in [0.25, 0.3) is 11.1 Å². The highest BCUT2D eigenvalue weighted by atomic mass is 35.5. The smallest absolute Gasteiger partial charge is 0.407 e. The molecule has 3 aromatic rings. The topological polar surface area (TPSA) is 104 Å². The highest BCUT2D eigenvalue weighted by molar-refractivity contribution is 6.29. The molecule has 0 saturated carbocycles. The molecule has 1 N–H and O–H groups in total. The van der Waals surface area contributed by atoms with E-state index in [2.05, 4.69) is 11.6 Å². The fourth-order valence-corrected chi connectivity index (χ4v) is 4.69. The van der Waals surface area contributed by atoms with Crippen LogP contribution in [-0.2, 0) is 11.2 Å². The predicted molar refractivity (Wildman–Crippen MR) is 149 cm³/mol. The highest BCUT2D eigenvalue weighted by Gasteiger charge is 2.34. The largest absolute Gasteiger partial charge is 0.465 e. The van der Waals surface area contributed by atoms with Gasteiger partial charge in [-0.05, 0) is 50.5 Å². The van der Waals surface area contributed by atoms with Gasteiger partial charge in [-0.2, -0.15) is 0 Å². The van der Waals surface area contributed by atoms with Gasteiger partial charge < -0.3 is 19.3 Å². The number of fused-ring (bicyclic) bond motifs is 1. The van der Waals surface area contributed by atoms with Gasteiger partial charge >= 0.3 is 6.09 Å². The summed E-state index contributed by atoms with van der Waals surface area (Å²) >= 11 is 6.12. The van der Waals surface area contributed by atoms with Crippen LogP contribution in [0.5, 0.6) is 0 Å². The lowest BCUT2D eigenvalue weighted by Crippen LogP contribution is -2.50. The average Bonchev–Trinajstić information content (AvgIpc) is 2.84. The molecule has 9 heteroatoms. The first kappa shape index (κ1) is 28.9. The maximum Gasteiger partial charge on any atom is 0.407 e. The van der Waals surface area contributed by atoms with Gasteiger partial charge in [0, 0.05) is 30.6 Å². The molecular weight excluding hydrogens is 506 g/mol. The molecular formula is C29H34ClN3O5. The van der Waals surface area contributed by atoms with Gasteiger partial charge in [0.15, 0.2) is 5.43 Å². The van der Waals surface area contributed by atoms with Crippen LogP contribution in [0.4, 0.5) is 4.79 Å². The summed E-state index contributed by atoms with van der Waals surface area (Å²) in [5.74, 6) is -0.319. The fourth-order valence-electron chi connectivity index (χ4n) is 4.55. The van der Waals surface area contributed by atoms with E-state index in [0.717, 1.165) is 5.56 Å². The molecule has 0 saturated heterocycles. The van der Waals surface area contributed by atoms with Crippen LogP contribution in [0.1, 0.15) is 57.5 Å². The van der Waals surface area contributed by atoms with E-state index in [1.54, 1.807) is 26.8 Å². The van der Waals surface area contributed by atoms with E-state index in [0.29, 0.717) is 11.3 Å². The minimum Gasteiger partial charge on any atom is -0.465 e. The number of benzene rings is 1. The van der Waals surface area contributed by atoms with Gasteiger partial charge in [-0.25, -0.2) is 9.78 Å². The van der Waals surface area contributed by atoms with E-state index in [-0.39, 0.29) is 47.1 Å². The van der Waals surface area contributed by atoms with E-state index in [4.69, 9.17) is 16.0 Å². The maximum absolute atomic E-state index is 13.8. The molecule has 38 heavy (non-hydrogen) atoms. The van der Waals surface area contributed by atoms with Crippen molar-refractivity contribution in [3.05, 3.63) is 87.4 Å². The normalized spacial score (nSPS) is 12.4. The molecule has 202 valence electrons. The number of carbonyl (C=O) groups excluding carboxylic acids is 1. The quantitative estimate of drug-likeness (QED) is 0.267. The van der Waals surface area contributed by atoms with Crippen molar-refractivity contribution in [1.29, 1.82) is 0 Å². The molecule has 0 spiro atoms. The Hall–Kier alpha value is -3.65. The van der Waals surface area contributed by atoms with Gasteiger partial charge in [0.05, 0.1) is 11.4 Å². The second-order valence-corrected chi connectivity index (χ2v) is 10.8. The first-order valence-corrected chi connectivity index (χ1v) is 12.8. The van der Waals surface area contributed by atoms with Gasteiger partial charge in [0.2, 0.25) is 11.6 Å². The number of pyridine rings is 1. The Balaban J connectivity index is 2.22. The molecule has 1 aromatic carbocycles. The zero-order valence-corrected chi connectivity index (χ0v) is 23.2. The minimum atomic E-state index is -1.09. The summed E-state index contributed by atoms with van der Waals surface area (Å²) in [6.07, 6.45) is 0.369. The minimum absolute atomic E-state index is 0.0531. The van der Waals surface area contributed by atoms with Crippen LogP contribution in [-0.4, -0.2) is 50.5 Å². The third-order valence-corrected chi connectivity index (χ3v) is 6.58. The van der Waals surface area contributed by atoms with E-state index in [9.17, 15) is 19.5 Å². The van der Waals surface area contributed by atoms with Crippen LogP contribution in [0, 0.1) is 5.92 Å². The van der Waals surface area contributed by atoms with Gasteiger partial charge in [0.1, 0.15) is 10.9 Å². The van der Waals surface area contributed by atoms with Crippen LogP contribution < -0.4 is 5.43 Å². The summed E-state index contributed by atoms with van der Waals surface area (Å²) < 4.78 is 6.29. The Kier molecular flexibility index (Phi) is 8.99. The van der Waals surface area contributed by atoms with Crippen molar-refractivity contribution in [3.63, 3.8) is 0 Å². The van der Waals surface area contributed by atoms with E-state index < -0.39 is 23.6 Å². The molecule has 0 radical (unpaired) electrons. The number of carbonyl (C=O) groups is 2. The fraction of sp³-hybridized carbons (Fsp3) is 0.379. The van der Waals surface area contributed by atoms with Crippen molar-refractivity contribution in [3.8, 4) is 0 Å². The summed E-state index contributed by atoms with van der Waals surface area (Å²) in [6, 6.07) is 11.9. The standard InChI is InChI=1S/C29H34ClN3O5/c1-7-23(34)32(15-16-33(28(36)37)29(4,5)6)24(18(2)3)26-21(17-19-11-9-8-10-12-19)25(35)20-13-14-22(30)31-27(20)38-26/h7-14,18,24H,1,15-17H2,2-6H3,(H,36,37). The van der Waals surface area contributed by atoms with Gasteiger partial charge in [-0.1, -0.05) is 62.4 Å². The molecule has 2 amide bonds. The van der Waals surface area contributed by atoms with Crippen LogP contribution in [0.3, 0.4) is 0 Å². The highest BCUT2D eigenvalue weighted by Crippen LogP contribution is 2.33.